The molecule has 0 heterocycles. The quantitative estimate of drug-likeness (QED) is 0.837. The minimum absolute atomic E-state index is 0.0448. The van der Waals surface area contributed by atoms with Gasteiger partial charge in [-0.1, -0.05) is 37.0 Å². The first-order valence-corrected chi connectivity index (χ1v) is 7.14. The van der Waals surface area contributed by atoms with Gasteiger partial charge in [0.2, 0.25) is 0 Å². The van der Waals surface area contributed by atoms with Crippen LogP contribution in [-0.4, -0.2) is 29.6 Å². The molecule has 1 amide bonds. The molecule has 0 aliphatic heterocycles. The minimum atomic E-state index is -1.23. The molecular weight excluding hydrogens is 317 g/mol. The van der Waals surface area contributed by atoms with Crippen LogP contribution >= 0.6 is 23.2 Å². The van der Waals surface area contributed by atoms with Gasteiger partial charge in [-0.15, -0.1) is 0 Å². The lowest BCUT2D eigenvalue weighted by Gasteiger charge is -2.18. The van der Waals surface area contributed by atoms with Crippen molar-refractivity contribution < 1.29 is 19.4 Å². The van der Waals surface area contributed by atoms with Crippen molar-refractivity contribution in [2.45, 2.75) is 26.9 Å². The number of rotatable bonds is 6. The molecule has 1 atom stereocenters. The van der Waals surface area contributed by atoms with Crippen LogP contribution in [0.2, 0.25) is 10.0 Å². The van der Waals surface area contributed by atoms with Crippen molar-refractivity contribution in [3.63, 3.8) is 0 Å². The molecule has 0 saturated carbocycles. The number of benzene rings is 1. The molecule has 1 aromatic carbocycles. The van der Waals surface area contributed by atoms with Gasteiger partial charge in [0.15, 0.2) is 11.9 Å². The molecule has 0 saturated heterocycles. The van der Waals surface area contributed by atoms with Crippen LogP contribution < -0.4 is 10.1 Å². The smallest absolute Gasteiger partial charge is 0.339 e. The molecule has 1 unspecified atom stereocenters. The number of hydrogen-bond donors (Lipinski definition) is 2. The van der Waals surface area contributed by atoms with E-state index in [9.17, 15) is 9.59 Å². The summed E-state index contributed by atoms with van der Waals surface area (Å²) in [6.45, 7) is 5.95. The Hall–Kier alpha value is -1.46. The fraction of sp³-hybridized carbons (Fsp3) is 0.429. The van der Waals surface area contributed by atoms with Crippen LogP contribution in [0.1, 0.15) is 31.1 Å². The van der Waals surface area contributed by atoms with Gasteiger partial charge in [0.1, 0.15) is 5.56 Å². The van der Waals surface area contributed by atoms with Gasteiger partial charge in [0, 0.05) is 11.6 Å². The van der Waals surface area contributed by atoms with Gasteiger partial charge in [-0.2, -0.15) is 0 Å². The van der Waals surface area contributed by atoms with E-state index in [1.807, 2.05) is 13.8 Å². The molecular formula is C14H17Cl2NO4. The van der Waals surface area contributed by atoms with Crippen molar-refractivity contribution in [2.24, 2.45) is 5.92 Å². The fourth-order valence-corrected chi connectivity index (χ4v) is 2.06. The molecule has 5 nitrogen and oxygen atoms in total. The molecule has 0 aromatic heterocycles. The monoisotopic (exact) mass is 333 g/mol. The third-order valence-corrected chi connectivity index (χ3v) is 3.09. The normalized spacial score (nSPS) is 12.1. The number of halogens is 2. The summed E-state index contributed by atoms with van der Waals surface area (Å²) in [5.41, 5.74) is -0.184. The van der Waals surface area contributed by atoms with Crippen molar-refractivity contribution in [1.29, 1.82) is 0 Å². The summed E-state index contributed by atoms with van der Waals surface area (Å²) in [4.78, 5) is 23.1. The van der Waals surface area contributed by atoms with Crippen LogP contribution in [0, 0.1) is 5.92 Å². The number of ether oxygens (including phenoxy) is 1. The molecule has 2 N–H and O–H groups in total. The SMILES string of the molecule is CC(C)CNC(=O)C(C)Oc1c(Cl)cc(Cl)cc1C(=O)O. The van der Waals surface area contributed by atoms with Gasteiger partial charge in [-0.3, -0.25) is 4.79 Å². The molecule has 116 valence electrons. The van der Waals surface area contributed by atoms with E-state index in [0.717, 1.165) is 0 Å². The summed E-state index contributed by atoms with van der Waals surface area (Å²) < 4.78 is 5.40. The van der Waals surface area contributed by atoms with Gasteiger partial charge in [-0.05, 0) is 25.0 Å². The van der Waals surface area contributed by atoms with E-state index in [1.54, 1.807) is 0 Å². The van der Waals surface area contributed by atoms with Crippen LogP contribution in [-0.2, 0) is 4.79 Å². The first kappa shape index (κ1) is 17.6. The number of carbonyl (C=O) groups is 2. The first-order chi connectivity index (χ1) is 9.72. The molecule has 0 spiro atoms. The van der Waals surface area contributed by atoms with Gasteiger partial charge in [0.25, 0.3) is 5.91 Å². The molecule has 1 rings (SSSR count). The second kappa shape index (κ2) is 7.52. The van der Waals surface area contributed by atoms with E-state index in [2.05, 4.69) is 5.32 Å². The van der Waals surface area contributed by atoms with Crippen molar-refractivity contribution in [3.05, 3.63) is 27.7 Å². The Morgan fingerprint density at radius 3 is 2.43 bits per heavy atom. The van der Waals surface area contributed by atoms with Crippen molar-refractivity contribution in [3.8, 4) is 5.75 Å². The lowest BCUT2D eigenvalue weighted by atomic mass is 10.2. The van der Waals surface area contributed by atoms with Gasteiger partial charge in [-0.25, -0.2) is 4.79 Å². The Kier molecular flexibility index (Phi) is 6.30. The molecule has 0 bridgehead atoms. The van der Waals surface area contributed by atoms with Crippen LogP contribution in [0.4, 0.5) is 0 Å². The maximum Gasteiger partial charge on any atom is 0.339 e. The van der Waals surface area contributed by atoms with E-state index in [-0.39, 0.29) is 27.3 Å². The Balaban J connectivity index is 2.92. The molecule has 0 aliphatic rings. The summed E-state index contributed by atoms with van der Waals surface area (Å²) in [5.74, 6) is -1.34. The van der Waals surface area contributed by atoms with Crippen molar-refractivity contribution >= 4 is 35.1 Å². The largest absolute Gasteiger partial charge is 0.478 e. The van der Waals surface area contributed by atoms with Gasteiger partial charge < -0.3 is 15.2 Å². The minimum Gasteiger partial charge on any atom is -0.478 e. The average Bonchev–Trinajstić information content (AvgIpc) is 2.38. The number of amides is 1. The number of aromatic carboxylic acids is 1. The zero-order valence-corrected chi connectivity index (χ0v) is 13.5. The van der Waals surface area contributed by atoms with Crippen LogP contribution in [0.3, 0.4) is 0 Å². The van der Waals surface area contributed by atoms with E-state index in [4.69, 9.17) is 33.0 Å². The van der Waals surface area contributed by atoms with Gasteiger partial charge in [0.05, 0.1) is 5.02 Å². The maximum absolute atomic E-state index is 11.9. The topological polar surface area (TPSA) is 75.6 Å². The predicted molar refractivity (Wildman–Crippen MR) is 81.4 cm³/mol. The Bertz CT molecular complexity index is 546. The zero-order chi connectivity index (χ0) is 16.2. The van der Waals surface area contributed by atoms with Gasteiger partial charge >= 0.3 is 5.97 Å². The van der Waals surface area contributed by atoms with Crippen molar-refractivity contribution in [1.82, 2.24) is 5.32 Å². The third kappa shape index (κ3) is 5.10. The third-order valence-electron chi connectivity index (χ3n) is 2.59. The van der Waals surface area contributed by atoms with E-state index in [0.29, 0.717) is 12.5 Å². The highest BCUT2D eigenvalue weighted by atomic mass is 35.5. The number of carbonyl (C=O) groups excluding carboxylic acids is 1. The number of hydrogen-bond acceptors (Lipinski definition) is 3. The summed E-state index contributed by atoms with van der Waals surface area (Å²) in [5, 5.41) is 12.1. The molecule has 1 aromatic rings. The van der Waals surface area contributed by atoms with E-state index >= 15 is 0 Å². The zero-order valence-electron chi connectivity index (χ0n) is 11.9. The Labute approximate surface area is 133 Å². The Morgan fingerprint density at radius 1 is 1.29 bits per heavy atom. The fourth-order valence-electron chi connectivity index (χ4n) is 1.52. The number of carboxylic acid groups (broad SMARTS) is 1. The number of nitrogens with one attached hydrogen (secondary N) is 1. The average molecular weight is 334 g/mol. The summed E-state index contributed by atoms with van der Waals surface area (Å²) in [6.07, 6.45) is -0.875. The highest BCUT2D eigenvalue weighted by molar-refractivity contribution is 6.36. The van der Waals surface area contributed by atoms with E-state index < -0.39 is 12.1 Å². The number of carboxylic acids is 1. The standard InChI is InChI=1S/C14H17Cl2NO4/c1-7(2)6-17-13(18)8(3)21-12-10(14(19)20)4-9(15)5-11(12)16/h4-5,7-8H,6H2,1-3H3,(H,17,18)(H,19,20). The highest BCUT2D eigenvalue weighted by Gasteiger charge is 2.22. The Morgan fingerprint density at radius 2 is 1.90 bits per heavy atom. The summed E-state index contributed by atoms with van der Waals surface area (Å²) in [7, 11) is 0. The molecule has 21 heavy (non-hydrogen) atoms. The molecule has 7 heteroatoms. The van der Waals surface area contributed by atoms with Crippen molar-refractivity contribution in [2.75, 3.05) is 6.54 Å². The second-order valence-electron chi connectivity index (χ2n) is 4.97. The first-order valence-electron chi connectivity index (χ1n) is 6.39. The predicted octanol–water partition coefficient (Wildman–Crippen LogP) is 3.23. The van der Waals surface area contributed by atoms with Crippen LogP contribution in [0.5, 0.6) is 5.75 Å². The maximum atomic E-state index is 11.9. The molecule has 0 radical (unpaired) electrons. The molecule has 0 aliphatic carbocycles. The molecule has 0 fully saturated rings. The second-order valence-corrected chi connectivity index (χ2v) is 5.81. The lowest BCUT2D eigenvalue weighted by Crippen LogP contribution is -2.38. The van der Waals surface area contributed by atoms with Crippen LogP contribution in [0.25, 0.3) is 0 Å². The highest BCUT2D eigenvalue weighted by Crippen LogP contribution is 2.33. The van der Waals surface area contributed by atoms with Crippen LogP contribution in [0.15, 0.2) is 12.1 Å². The lowest BCUT2D eigenvalue weighted by molar-refractivity contribution is -0.127. The van der Waals surface area contributed by atoms with E-state index in [1.165, 1.54) is 19.1 Å². The summed E-state index contributed by atoms with van der Waals surface area (Å²) >= 11 is 11.7. The summed E-state index contributed by atoms with van der Waals surface area (Å²) in [6, 6.07) is 2.59.